The van der Waals surface area contributed by atoms with Gasteiger partial charge in [-0.25, -0.2) is 0 Å². The number of hydrogen-bond acceptors (Lipinski definition) is 4. The number of ether oxygens (including phenoxy) is 1. The number of hydrogen-bond donors (Lipinski definition) is 2. The average molecular weight is 283 g/mol. The fourth-order valence-corrected chi connectivity index (χ4v) is 3.50. The molecule has 114 valence electrons. The van der Waals surface area contributed by atoms with E-state index in [0.717, 1.165) is 38.5 Å². The van der Waals surface area contributed by atoms with Crippen molar-refractivity contribution >= 4 is 11.9 Å². The summed E-state index contributed by atoms with van der Waals surface area (Å²) in [4.78, 5) is 23.5. The summed E-state index contributed by atoms with van der Waals surface area (Å²) in [6, 6.07) is -1.05. The highest BCUT2D eigenvalue weighted by Gasteiger charge is 2.44. The Morgan fingerprint density at radius 1 is 1.30 bits per heavy atom. The largest absolute Gasteiger partial charge is 0.480 e. The number of aliphatic carboxylic acids is 1. The second-order valence-corrected chi connectivity index (χ2v) is 6.00. The number of carbonyl (C=O) groups excluding carboxylic acids is 1. The minimum Gasteiger partial charge on any atom is -0.480 e. The third-order valence-electron chi connectivity index (χ3n) is 4.61. The van der Waals surface area contributed by atoms with E-state index in [1.807, 2.05) is 6.92 Å². The minimum atomic E-state index is -0.861. The number of rotatable bonds is 5. The lowest BCUT2D eigenvalue weighted by atomic mass is 9.70. The van der Waals surface area contributed by atoms with Gasteiger partial charge in [-0.05, 0) is 31.1 Å². The number of carboxylic acid groups (broad SMARTS) is 1. The Bertz CT molecular complexity index is 358. The van der Waals surface area contributed by atoms with Crippen molar-refractivity contribution in [1.29, 1.82) is 0 Å². The van der Waals surface area contributed by atoms with E-state index in [1.54, 1.807) is 0 Å². The van der Waals surface area contributed by atoms with Gasteiger partial charge in [-0.1, -0.05) is 32.6 Å². The fraction of sp³-hybridized carbons (Fsp3) is 0.867. The monoisotopic (exact) mass is 283 g/mol. The van der Waals surface area contributed by atoms with Gasteiger partial charge in [0.2, 0.25) is 0 Å². The number of nitrogens with one attached hydrogen (secondary N) is 1. The van der Waals surface area contributed by atoms with Crippen LogP contribution in [0.3, 0.4) is 0 Å². The van der Waals surface area contributed by atoms with Crippen LogP contribution in [0, 0.1) is 11.8 Å². The molecule has 0 bridgehead atoms. The molecule has 1 aliphatic carbocycles. The summed E-state index contributed by atoms with van der Waals surface area (Å²) in [6.45, 7) is 2.48. The highest BCUT2D eigenvalue weighted by atomic mass is 16.5. The normalized spacial score (nSPS) is 33.2. The lowest BCUT2D eigenvalue weighted by Gasteiger charge is -2.43. The maximum Gasteiger partial charge on any atom is 0.323 e. The molecule has 0 amide bonds. The van der Waals surface area contributed by atoms with Gasteiger partial charge in [0.1, 0.15) is 12.1 Å². The number of unbranched alkanes of at least 4 members (excludes halogenated alkanes) is 1. The molecule has 0 spiro atoms. The molecule has 2 rings (SSSR count). The molecule has 0 aromatic carbocycles. The van der Waals surface area contributed by atoms with Crippen molar-refractivity contribution in [2.45, 2.75) is 64.0 Å². The first-order valence-electron chi connectivity index (χ1n) is 7.79. The van der Waals surface area contributed by atoms with Crippen molar-refractivity contribution in [3.63, 3.8) is 0 Å². The van der Waals surface area contributed by atoms with Crippen LogP contribution >= 0.6 is 0 Å². The van der Waals surface area contributed by atoms with Gasteiger partial charge in [-0.2, -0.15) is 0 Å². The number of carboxylic acids is 1. The maximum atomic E-state index is 12.2. The molecule has 4 unspecified atom stereocenters. The van der Waals surface area contributed by atoms with Gasteiger partial charge in [0.05, 0.1) is 6.61 Å². The maximum absolute atomic E-state index is 12.2. The topological polar surface area (TPSA) is 75.6 Å². The minimum absolute atomic E-state index is 0.244. The van der Waals surface area contributed by atoms with E-state index >= 15 is 0 Å². The molecular formula is C15H25NO4. The smallest absolute Gasteiger partial charge is 0.323 e. The van der Waals surface area contributed by atoms with E-state index in [4.69, 9.17) is 4.74 Å². The molecule has 20 heavy (non-hydrogen) atoms. The summed E-state index contributed by atoms with van der Waals surface area (Å²) in [6.07, 6.45) is 6.78. The molecule has 1 heterocycles. The lowest BCUT2D eigenvalue weighted by Crippen LogP contribution is -2.58. The molecule has 2 aliphatic rings. The van der Waals surface area contributed by atoms with Gasteiger partial charge in [0.25, 0.3) is 0 Å². The average Bonchev–Trinajstić information content (AvgIpc) is 2.46. The molecule has 1 saturated heterocycles. The zero-order valence-electron chi connectivity index (χ0n) is 12.1. The van der Waals surface area contributed by atoms with E-state index in [2.05, 4.69) is 5.32 Å². The Morgan fingerprint density at radius 2 is 2.05 bits per heavy atom. The predicted molar refractivity (Wildman–Crippen MR) is 74.3 cm³/mol. The second kappa shape index (κ2) is 7.07. The fourth-order valence-electron chi connectivity index (χ4n) is 3.50. The van der Waals surface area contributed by atoms with Crippen molar-refractivity contribution in [1.82, 2.24) is 5.32 Å². The first kappa shape index (κ1) is 15.3. The first-order valence-corrected chi connectivity index (χ1v) is 7.79. The summed E-state index contributed by atoms with van der Waals surface area (Å²) in [7, 11) is 0. The zero-order valence-corrected chi connectivity index (χ0v) is 12.1. The number of fused-ring (bicyclic) bond motifs is 1. The quantitative estimate of drug-likeness (QED) is 0.596. The van der Waals surface area contributed by atoms with E-state index in [-0.39, 0.29) is 11.9 Å². The van der Waals surface area contributed by atoms with Crippen LogP contribution in [0.2, 0.25) is 0 Å². The van der Waals surface area contributed by atoms with E-state index < -0.39 is 18.1 Å². The van der Waals surface area contributed by atoms with E-state index in [1.165, 1.54) is 0 Å². The molecule has 0 radical (unpaired) electrons. The van der Waals surface area contributed by atoms with Crippen LogP contribution in [-0.2, 0) is 14.3 Å². The van der Waals surface area contributed by atoms with Crippen LogP contribution < -0.4 is 5.32 Å². The third-order valence-corrected chi connectivity index (χ3v) is 4.61. The molecule has 0 aromatic rings. The van der Waals surface area contributed by atoms with Gasteiger partial charge in [-0.3, -0.25) is 14.9 Å². The standard InChI is InChI=1S/C15H25NO4/c1-2-3-8-20-15(19)13-11-7-5-4-6-10(11)9-12(16-13)14(17)18/h10-13,16H,2-9H2,1H3,(H,17,18). The van der Waals surface area contributed by atoms with Crippen LogP contribution in [0.25, 0.3) is 0 Å². The van der Waals surface area contributed by atoms with Crippen molar-refractivity contribution in [2.24, 2.45) is 11.8 Å². The highest BCUT2D eigenvalue weighted by Crippen LogP contribution is 2.38. The van der Waals surface area contributed by atoms with Gasteiger partial charge in [0.15, 0.2) is 0 Å². The van der Waals surface area contributed by atoms with E-state index in [0.29, 0.717) is 18.9 Å². The molecule has 1 aliphatic heterocycles. The summed E-state index contributed by atoms with van der Waals surface area (Å²) in [5, 5.41) is 12.2. The van der Waals surface area contributed by atoms with Gasteiger partial charge >= 0.3 is 11.9 Å². The molecule has 2 N–H and O–H groups in total. The molecular weight excluding hydrogens is 258 g/mol. The number of carbonyl (C=O) groups is 2. The van der Waals surface area contributed by atoms with Crippen LogP contribution in [-0.4, -0.2) is 35.7 Å². The summed E-state index contributed by atoms with van der Waals surface area (Å²) >= 11 is 0. The Kier molecular flexibility index (Phi) is 5.40. The first-order chi connectivity index (χ1) is 9.63. The van der Waals surface area contributed by atoms with Gasteiger partial charge < -0.3 is 9.84 Å². The van der Waals surface area contributed by atoms with Crippen molar-refractivity contribution in [3.05, 3.63) is 0 Å². The lowest BCUT2D eigenvalue weighted by molar-refractivity contribution is -0.153. The molecule has 0 aromatic heterocycles. The molecule has 4 atom stereocenters. The van der Waals surface area contributed by atoms with Crippen LogP contribution in [0.4, 0.5) is 0 Å². The Morgan fingerprint density at radius 3 is 2.75 bits per heavy atom. The number of esters is 1. The summed E-state index contributed by atoms with van der Waals surface area (Å²) in [5.74, 6) is -0.537. The predicted octanol–water partition coefficient (Wildman–Crippen LogP) is 1.95. The Hall–Kier alpha value is -1.10. The van der Waals surface area contributed by atoms with Crippen LogP contribution in [0.15, 0.2) is 0 Å². The van der Waals surface area contributed by atoms with Gasteiger partial charge in [0, 0.05) is 0 Å². The Labute approximate surface area is 120 Å². The van der Waals surface area contributed by atoms with Crippen LogP contribution in [0.5, 0.6) is 0 Å². The van der Waals surface area contributed by atoms with Gasteiger partial charge in [-0.15, -0.1) is 0 Å². The summed E-state index contributed by atoms with van der Waals surface area (Å²) in [5.41, 5.74) is 0. The number of piperidine rings is 1. The molecule has 2 fully saturated rings. The van der Waals surface area contributed by atoms with E-state index in [9.17, 15) is 14.7 Å². The van der Waals surface area contributed by atoms with Crippen LogP contribution in [0.1, 0.15) is 51.9 Å². The Balaban J connectivity index is 2.02. The zero-order chi connectivity index (χ0) is 14.5. The summed E-state index contributed by atoms with van der Waals surface area (Å²) < 4.78 is 5.30. The molecule has 5 heteroatoms. The van der Waals surface area contributed by atoms with Crippen molar-refractivity contribution < 1.29 is 19.4 Å². The molecule has 1 saturated carbocycles. The molecule has 5 nitrogen and oxygen atoms in total. The third kappa shape index (κ3) is 3.51. The second-order valence-electron chi connectivity index (χ2n) is 6.00. The highest BCUT2D eigenvalue weighted by molar-refractivity contribution is 5.79. The van der Waals surface area contributed by atoms with Crippen molar-refractivity contribution in [3.8, 4) is 0 Å². The van der Waals surface area contributed by atoms with Crippen molar-refractivity contribution in [2.75, 3.05) is 6.61 Å². The SMILES string of the molecule is CCCCOC(=O)C1NC(C(=O)O)CC2CCCCC21.